The summed E-state index contributed by atoms with van der Waals surface area (Å²) < 4.78 is 42.7. The van der Waals surface area contributed by atoms with Gasteiger partial charge >= 0.3 is 6.09 Å². The van der Waals surface area contributed by atoms with Crippen LogP contribution in [0.3, 0.4) is 0 Å². The van der Waals surface area contributed by atoms with Crippen molar-refractivity contribution in [3.63, 3.8) is 0 Å². The molecule has 1 unspecified atom stereocenters. The minimum Gasteiger partial charge on any atom is -0.465 e. The van der Waals surface area contributed by atoms with Gasteiger partial charge in [-0.15, -0.1) is 0 Å². The van der Waals surface area contributed by atoms with Gasteiger partial charge in [0.05, 0.1) is 22.3 Å². The first-order valence-electron chi connectivity index (χ1n) is 14.1. The van der Waals surface area contributed by atoms with Crippen LogP contribution in [0.2, 0.25) is 5.02 Å². The van der Waals surface area contributed by atoms with Gasteiger partial charge in [0.1, 0.15) is 5.82 Å². The molecule has 1 aliphatic rings. The van der Waals surface area contributed by atoms with Crippen LogP contribution in [0.25, 0.3) is 0 Å². The molecular formula is C30H36ClFN6O5S. The lowest BCUT2D eigenvalue weighted by atomic mass is 9.91. The normalized spacial score (nSPS) is 17.2. The fourth-order valence-corrected chi connectivity index (χ4v) is 6.33. The zero-order valence-electron chi connectivity index (χ0n) is 25.1. The van der Waals surface area contributed by atoms with Gasteiger partial charge in [-0.3, -0.25) is 9.78 Å². The van der Waals surface area contributed by atoms with E-state index in [2.05, 4.69) is 20.3 Å². The molecule has 3 aromatic rings. The monoisotopic (exact) mass is 646 g/mol. The molecular weight excluding hydrogens is 611 g/mol. The Kier molecular flexibility index (Phi) is 9.50. The summed E-state index contributed by atoms with van der Waals surface area (Å²) >= 11 is 6.04. The van der Waals surface area contributed by atoms with Crippen LogP contribution >= 0.6 is 11.6 Å². The number of halogens is 2. The number of hydrogen-bond donors (Lipinski definition) is 3. The number of carbonyl (C=O) groups is 2. The van der Waals surface area contributed by atoms with Crippen molar-refractivity contribution in [2.75, 3.05) is 11.9 Å². The molecule has 1 saturated heterocycles. The highest BCUT2D eigenvalue weighted by atomic mass is 35.5. The number of likely N-dealkylation sites (tertiary alicyclic amines) is 1. The Balaban J connectivity index is 1.52. The summed E-state index contributed by atoms with van der Waals surface area (Å²) in [4.78, 5) is 38.4. The van der Waals surface area contributed by atoms with Crippen LogP contribution in [-0.4, -0.2) is 57.5 Å². The summed E-state index contributed by atoms with van der Waals surface area (Å²) in [5.41, 5.74) is -0.422. The first kappa shape index (κ1) is 33.1. The van der Waals surface area contributed by atoms with E-state index in [1.807, 2.05) is 39.3 Å². The summed E-state index contributed by atoms with van der Waals surface area (Å²) in [5.74, 6) is -1.94. The number of hydrogen-bond acceptors (Lipinski definition) is 8. The average Bonchev–Trinajstić information content (AvgIpc) is 3.25. The molecule has 1 aliphatic heterocycles. The zero-order chi connectivity index (χ0) is 32.4. The van der Waals surface area contributed by atoms with Crippen molar-refractivity contribution < 1.29 is 27.5 Å². The molecule has 236 valence electrons. The average molecular weight is 647 g/mol. The standard InChI is InChI=1S/C30H36ClFN6O5S/c1-29(2,3)23-14-11-20(26(32)35-23)27(39)37-44(42,43)25-8-6-7-24(36-25)34-22(21-13-10-19(31)16-33-21)12-9-18-15-30(4,5)38(17-18)28(40)41/h6-8,10-11,13-14,16,18,22H,9,12,15,17H2,1-5H3,(H,34,36)(H,37,39)(H,40,41)/t18-,22?/m0/s1. The molecule has 4 heterocycles. The molecule has 44 heavy (non-hydrogen) atoms. The number of carbonyl (C=O) groups excluding carboxylic acids is 1. The maximum atomic E-state index is 14.7. The maximum absolute atomic E-state index is 14.7. The Morgan fingerprint density at radius 1 is 1.16 bits per heavy atom. The fraction of sp³-hybridized carbons (Fsp3) is 0.433. The molecule has 0 radical (unpaired) electrons. The second-order valence-corrected chi connectivity index (χ2v) is 14.6. The highest BCUT2D eigenvalue weighted by molar-refractivity contribution is 7.90. The van der Waals surface area contributed by atoms with Crippen molar-refractivity contribution in [2.45, 2.75) is 75.9 Å². The van der Waals surface area contributed by atoms with Gasteiger partial charge in [0.25, 0.3) is 15.9 Å². The third kappa shape index (κ3) is 7.81. The van der Waals surface area contributed by atoms with Crippen LogP contribution < -0.4 is 10.0 Å². The third-order valence-electron chi connectivity index (χ3n) is 7.57. The molecule has 2 amide bonds. The van der Waals surface area contributed by atoms with Crippen LogP contribution in [0.4, 0.5) is 15.0 Å². The zero-order valence-corrected chi connectivity index (χ0v) is 26.7. The molecule has 4 rings (SSSR count). The third-order valence-corrected chi connectivity index (χ3v) is 9.03. The molecule has 14 heteroatoms. The van der Waals surface area contributed by atoms with Crippen LogP contribution in [0.1, 0.15) is 81.7 Å². The molecule has 0 saturated carbocycles. The number of pyridine rings is 3. The van der Waals surface area contributed by atoms with Gasteiger partial charge in [0.2, 0.25) is 5.95 Å². The number of sulfonamides is 1. The summed E-state index contributed by atoms with van der Waals surface area (Å²) in [6.07, 6.45) is 2.44. The smallest absolute Gasteiger partial charge is 0.407 e. The molecule has 3 aromatic heterocycles. The van der Waals surface area contributed by atoms with Crippen LogP contribution in [0.15, 0.2) is 53.7 Å². The van der Waals surface area contributed by atoms with E-state index in [1.165, 1.54) is 35.4 Å². The van der Waals surface area contributed by atoms with Crippen molar-refractivity contribution >= 4 is 39.4 Å². The van der Waals surface area contributed by atoms with Crippen molar-refractivity contribution in [1.82, 2.24) is 24.6 Å². The van der Waals surface area contributed by atoms with Crippen molar-refractivity contribution in [3.05, 3.63) is 76.6 Å². The Labute approximate surface area is 261 Å². The lowest BCUT2D eigenvalue weighted by molar-refractivity contribution is 0.0975. The highest BCUT2D eigenvalue weighted by Gasteiger charge is 2.41. The lowest BCUT2D eigenvalue weighted by Gasteiger charge is -2.28. The van der Waals surface area contributed by atoms with Crippen LogP contribution in [0.5, 0.6) is 0 Å². The van der Waals surface area contributed by atoms with E-state index in [0.717, 1.165) is 0 Å². The topological polar surface area (TPSA) is 154 Å². The van der Waals surface area contributed by atoms with Crippen LogP contribution in [0, 0.1) is 11.9 Å². The van der Waals surface area contributed by atoms with Gasteiger partial charge in [0.15, 0.2) is 5.03 Å². The van der Waals surface area contributed by atoms with E-state index in [1.54, 1.807) is 18.2 Å². The number of rotatable bonds is 9. The Hall–Kier alpha value is -3.84. The number of carboxylic acid groups (broad SMARTS) is 1. The lowest BCUT2D eigenvalue weighted by Crippen LogP contribution is -2.41. The minimum absolute atomic E-state index is 0.111. The van der Waals surface area contributed by atoms with E-state index in [0.29, 0.717) is 42.2 Å². The number of amides is 2. The second kappa shape index (κ2) is 12.6. The molecule has 1 fully saturated rings. The number of aromatic nitrogens is 3. The number of nitrogens with zero attached hydrogens (tertiary/aromatic N) is 4. The van der Waals surface area contributed by atoms with Crippen molar-refractivity contribution in [1.29, 1.82) is 0 Å². The number of nitrogens with one attached hydrogen (secondary N) is 2. The Bertz CT molecular complexity index is 1650. The van der Waals surface area contributed by atoms with Gasteiger partial charge in [-0.25, -0.2) is 19.5 Å². The van der Waals surface area contributed by atoms with Gasteiger partial charge in [-0.1, -0.05) is 38.4 Å². The SMILES string of the molecule is CC(C)(C)c1ccc(C(=O)NS(=O)(=O)c2cccc(NC(CC[C@@H]3CN(C(=O)O)C(C)(C)C3)c3ccc(Cl)cn3)n2)c(F)n1. The molecule has 11 nitrogen and oxygen atoms in total. The first-order valence-corrected chi connectivity index (χ1v) is 15.9. The van der Waals surface area contributed by atoms with Gasteiger partial charge in [0, 0.05) is 29.4 Å². The predicted octanol–water partition coefficient (Wildman–Crippen LogP) is 5.79. The molecule has 3 N–H and O–H groups in total. The van der Waals surface area contributed by atoms with Crippen molar-refractivity contribution in [3.8, 4) is 0 Å². The number of anilines is 1. The molecule has 0 spiro atoms. The van der Waals surface area contributed by atoms with E-state index in [-0.39, 0.29) is 11.7 Å². The summed E-state index contributed by atoms with van der Waals surface area (Å²) in [6, 6.07) is 9.94. The van der Waals surface area contributed by atoms with E-state index >= 15 is 0 Å². The fourth-order valence-electron chi connectivity index (χ4n) is 5.28. The van der Waals surface area contributed by atoms with E-state index < -0.39 is 55.6 Å². The van der Waals surface area contributed by atoms with Gasteiger partial charge < -0.3 is 15.3 Å². The van der Waals surface area contributed by atoms with Gasteiger partial charge in [-0.05, 0) is 75.4 Å². The Morgan fingerprint density at radius 2 is 1.89 bits per heavy atom. The molecule has 0 aromatic carbocycles. The maximum Gasteiger partial charge on any atom is 0.407 e. The highest BCUT2D eigenvalue weighted by Crippen LogP contribution is 2.37. The minimum atomic E-state index is -4.48. The quantitative estimate of drug-likeness (QED) is 0.245. The van der Waals surface area contributed by atoms with Gasteiger partial charge in [-0.2, -0.15) is 12.8 Å². The van der Waals surface area contributed by atoms with E-state index in [9.17, 15) is 27.5 Å². The summed E-state index contributed by atoms with van der Waals surface area (Å²) in [5, 5.41) is 12.8. The van der Waals surface area contributed by atoms with Crippen LogP contribution in [-0.2, 0) is 15.4 Å². The first-order chi connectivity index (χ1) is 20.5. The largest absolute Gasteiger partial charge is 0.465 e. The molecule has 2 atom stereocenters. The van der Waals surface area contributed by atoms with Crippen molar-refractivity contribution in [2.24, 2.45) is 5.92 Å². The summed E-state index contributed by atoms with van der Waals surface area (Å²) in [6.45, 7) is 9.71. The molecule has 0 bridgehead atoms. The predicted molar refractivity (Wildman–Crippen MR) is 164 cm³/mol. The summed E-state index contributed by atoms with van der Waals surface area (Å²) in [7, 11) is -4.48. The molecule has 0 aliphatic carbocycles. The second-order valence-electron chi connectivity index (χ2n) is 12.5. The Morgan fingerprint density at radius 3 is 2.48 bits per heavy atom. The van der Waals surface area contributed by atoms with E-state index in [4.69, 9.17) is 11.6 Å².